The van der Waals surface area contributed by atoms with Crippen molar-refractivity contribution in [2.24, 2.45) is 0 Å². The first-order chi connectivity index (χ1) is 11.8. The molecule has 2 aromatic rings. The summed E-state index contributed by atoms with van der Waals surface area (Å²) >= 11 is 10.7. The Kier molecular flexibility index (Phi) is 5.57. The number of amides is 1. The van der Waals surface area contributed by atoms with Gasteiger partial charge in [0.1, 0.15) is 5.02 Å². The molecule has 128 valence electrons. The molecule has 0 bridgehead atoms. The predicted octanol–water partition coefficient (Wildman–Crippen LogP) is 3.28. The molecule has 0 aromatic heterocycles. The van der Waals surface area contributed by atoms with Gasteiger partial charge in [-0.15, -0.1) is 0 Å². The summed E-state index contributed by atoms with van der Waals surface area (Å²) in [5.41, 5.74) is -0.0560. The van der Waals surface area contributed by atoms with Gasteiger partial charge < -0.3 is 5.32 Å². The molecule has 0 unspecified atom stereocenters. The fraction of sp³-hybridized carbons (Fsp3) is 0. The first kappa shape index (κ1) is 18.2. The first-order valence-corrected chi connectivity index (χ1v) is 7.37. The van der Waals surface area contributed by atoms with Crippen LogP contribution < -0.4 is 10.6 Å². The molecular weight excluding hydrogens is 372 g/mol. The summed E-state index contributed by atoms with van der Waals surface area (Å²) in [6.07, 6.45) is 0. The molecule has 0 saturated carbocycles. The second kappa shape index (κ2) is 7.64. The maximum absolute atomic E-state index is 12.1. The first-order valence-electron chi connectivity index (χ1n) is 6.58. The van der Waals surface area contributed by atoms with Gasteiger partial charge >= 0.3 is 0 Å². The van der Waals surface area contributed by atoms with Gasteiger partial charge in [0.25, 0.3) is 17.3 Å². The topological polar surface area (TPSA) is 127 Å². The van der Waals surface area contributed by atoms with Crippen LogP contribution in [0.3, 0.4) is 0 Å². The summed E-state index contributed by atoms with van der Waals surface area (Å²) in [7, 11) is 0. The number of hydrogen-bond donors (Lipinski definition) is 2. The monoisotopic (exact) mass is 380 g/mol. The van der Waals surface area contributed by atoms with Gasteiger partial charge in [0, 0.05) is 29.4 Å². The SMILES string of the molecule is O=C(NC(=S)Nc1ccc([N+](=O)[O-])cc1)c1ccc(Cl)c([N+](=O)[O-])c1. The number of carbonyl (C=O) groups excluding carboxylic acids is 1. The number of thiocarbonyl (C=S) groups is 1. The Bertz CT molecular complexity index is 872. The van der Waals surface area contributed by atoms with Crippen molar-refractivity contribution in [3.8, 4) is 0 Å². The minimum atomic E-state index is -0.702. The lowest BCUT2D eigenvalue weighted by atomic mass is 10.2. The number of nitrogens with one attached hydrogen (secondary N) is 2. The Morgan fingerprint density at radius 2 is 1.68 bits per heavy atom. The lowest BCUT2D eigenvalue weighted by Crippen LogP contribution is -2.34. The fourth-order valence-corrected chi connectivity index (χ4v) is 2.20. The van der Waals surface area contributed by atoms with Crippen LogP contribution in [0.5, 0.6) is 0 Å². The van der Waals surface area contributed by atoms with E-state index in [1.807, 2.05) is 0 Å². The molecule has 0 saturated heterocycles. The highest BCUT2D eigenvalue weighted by Gasteiger charge is 2.17. The molecule has 0 heterocycles. The smallest absolute Gasteiger partial charge is 0.288 e. The number of anilines is 1. The molecule has 0 aliphatic heterocycles. The van der Waals surface area contributed by atoms with E-state index in [9.17, 15) is 25.0 Å². The molecule has 2 aromatic carbocycles. The normalized spacial score (nSPS) is 9.96. The molecule has 25 heavy (non-hydrogen) atoms. The van der Waals surface area contributed by atoms with Gasteiger partial charge in [-0.25, -0.2) is 0 Å². The summed E-state index contributed by atoms with van der Waals surface area (Å²) in [4.78, 5) is 32.3. The Morgan fingerprint density at radius 1 is 1.04 bits per heavy atom. The molecular formula is C14H9ClN4O5S. The number of carbonyl (C=O) groups is 1. The zero-order chi connectivity index (χ0) is 18.6. The molecule has 11 heteroatoms. The Balaban J connectivity index is 2.05. The number of nitro benzene ring substituents is 2. The van der Waals surface area contributed by atoms with Crippen molar-refractivity contribution < 1.29 is 14.6 Å². The van der Waals surface area contributed by atoms with Crippen LogP contribution >= 0.6 is 23.8 Å². The van der Waals surface area contributed by atoms with Crippen LogP contribution in [0, 0.1) is 20.2 Å². The fourth-order valence-electron chi connectivity index (χ4n) is 1.80. The van der Waals surface area contributed by atoms with Crippen molar-refractivity contribution >= 4 is 51.9 Å². The van der Waals surface area contributed by atoms with Gasteiger partial charge in [0.05, 0.1) is 9.85 Å². The second-order valence-electron chi connectivity index (χ2n) is 4.64. The summed E-state index contributed by atoms with van der Waals surface area (Å²) < 4.78 is 0. The van der Waals surface area contributed by atoms with Crippen LogP contribution in [0.2, 0.25) is 5.02 Å². The third-order valence-electron chi connectivity index (χ3n) is 2.97. The van der Waals surface area contributed by atoms with Crippen LogP contribution in [0.1, 0.15) is 10.4 Å². The molecule has 0 aliphatic carbocycles. The quantitative estimate of drug-likeness (QED) is 0.473. The molecule has 0 atom stereocenters. The van der Waals surface area contributed by atoms with Crippen LogP contribution in [0.4, 0.5) is 17.1 Å². The second-order valence-corrected chi connectivity index (χ2v) is 5.45. The zero-order valence-corrected chi connectivity index (χ0v) is 13.8. The number of rotatable bonds is 4. The van der Waals surface area contributed by atoms with E-state index in [-0.39, 0.29) is 21.4 Å². The van der Waals surface area contributed by atoms with E-state index in [1.54, 1.807) is 0 Å². The number of non-ortho nitro benzene ring substituents is 1. The van der Waals surface area contributed by atoms with Crippen LogP contribution in [0.15, 0.2) is 42.5 Å². The lowest BCUT2D eigenvalue weighted by Gasteiger charge is -2.09. The number of nitro groups is 2. The van der Waals surface area contributed by atoms with Crippen LogP contribution in [0.25, 0.3) is 0 Å². The molecule has 2 N–H and O–H groups in total. The number of benzene rings is 2. The van der Waals surface area contributed by atoms with Crippen molar-refractivity contribution in [3.63, 3.8) is 0 Å². The third kappa shape index (κ3) is 4.68. The van der Waals surface area contributed by atoms with Gasteiger partial charge in [-0.1, -0.05) is 11.6 Å². The van der Waals surface area contributed by atoms with Crippen LogP contribution in [-0.4, -0.2) is 20.9 Å². The number of halogens is 1. The molecule has 2 rings (SSSR count). The van der Waals surface area contributed by atoms with Gasteiger partial charge in [-0.05, 0) is 36.5 Å². The maximum Gasteiger partial charge on any atom is 0.288 e. The highest BCUT2D eigenvalue weighted by Crippen LogP contribution is 2.25. The minimum absolute atomic E-state index is 0.00366. The van der Waals surface area contributed by atoms with Gasteiger partial charge in [0.15, 0.2) is 5.11 Å². The summed E-state index contributed by atoms with van der Waals surface area (Å²) in [5, 5.41) is 26.3. The Morgan fingerprint density at radius 3 is 2.24 bits per heavy atom. The van der Waals surface area contributed by atoms with Crippen molar-refractivity contribution in [1.29, 1.82) is 0 Å². The van der Waals surface area contributed by atoms with E-state index >= 15 is 0 Å². The molecule has 9 nitrogen and oxygen atoms in total. The molecule has 0 fully saturated rings. The van der Waals surface area contributed by atoms with Crippen molar-refractivity contribution in [1.82, 2.24) is 5.32 Å². The standard InChI is InChI=1S/C14H9ClN4O5S/c15-11-6-1-8(7-12(11)19(23)24)13(20)17-14(25)16-9-2-4-10(5-3-9)18(21)22/h1-7H,(H2,16,17,20,25). The summed E-state index contributed by atoms with van der Waals surface area (Å²) in [5.74, 6) is -0.667. The maximum atomic E-state index is 12.1. The van der Waals surface area contributed by atoms with Crippen molar-refractivity contribution in [2.75, 3.05) is 5.32 Å². The molecule has 0 aliphatic rings. The Hall–Kier alpha value is -3.11. The molecule has 1 amide bonds. The predicted molar refractivity (Wildman–Crippen MR) is 94.9 cm³/mol. The van der Waals surface area contributed by atoms with E-state index in [0.29, 0.717) is 5.69 Å². The molecule has 0 radical (unpaired) electrons. The van der Waals surface area contributed by atoms with Crippen LogP contribution in [-0.2, 0) is 0 Å². The summed E-state index contributed by atoms with van der Waals surface area (Å²) in [6.45, 7) is 0. The average Bonchev–Trinajstić information content (AvgIpc) is 2.55. The minimum Gasteiger partial charge on any atom is -0.332 e. The third-order valence-corrected chi connectivity index (χ3v) is 3.49. The highest BCUT2D eigenvalue weighted by molar-refractivity contribution is 7.80. The molecule has 0 spiro atoms. The van der Waals surface area contributed by atoms with Gasteiger partial charge in [-0.3, -0.25) is 30.3 Å². The van der Waals surface area contributed by atoms with E-state index in [1.165, 1.54) is 36.4 Å². The number of hydrogen-bond acceptors (Lipinski definition) is 6. The van der Waals surface area contributed by atoms with Crippen molar-refractivity contribution in [3.05, 3.63) is 73.3 Å². The van der Waals surface area contributed by atoms with E-state index in [2.05, 4.69) is 10.6 Å². The number of nitrogens with zero attached hydrogens (tertiary/aromatic N) is 2. The largest absolute Gasteiger partial charge is 0.332 e. The van der Waals surface area contributed by atoms with Gasteiger partial charge in [-0.2, -0.15) is 0 Å². The average molecular weight is 381 g/mol. The Labute approximate surface area is 150 Å². The lowest BCUT2D eigenvalue weighted by molar-refractivity contribution is -0.385. The summed E-state index contributed by atoms with van der Waals surface area (Å²) in [6, 6.07) is 8.98. The highest BCUT2D eigenvalue weighted by atomic mass is 35.5. The van der Waals surface area contributed by atoms with E-state index < -0.39 is 21.4 Å². The van der Waals surface area contributed by atoms with Crippen molar-refractivity contribution in [2.45, 2.75) is 0 Å². The van der Waals surface area contributed by atoms with E-state index in [4.69, 9.17) is 23.8 Å². The van der Waals surface area contributed by atoms with Gasteiger partial charge in [0.2, 0.25) is 0 Å². The van der Waals surface area contributed by atoms with E-state index in [0.717, 1.165) is 6.07 Å². The zero-order valence-electron chi connectivity index (χ0n) is 12.3.